The van der Waals surface area contributed by atoms with Gasteiger partial charge in [-0.15, -0.1) is 0 Å². The predicted octanol–water partition coefficient (Wildman–Crippen LogP) is 4.83. The monoisotopic (exact) mass is 525 g/mol. The minimum atomic E-state index is -0.198. The fraction of sp³-hybridized carbons (Fsp3) is 0.643. The van der Waals surface area contributed by atoms with Crippen molar-refractivity contribution in [3.8, 4) is 6.07 Å². The third kappa shape index (κ3) is 5.93. The Morgan fingerprint density at radius 2 is 1.82 bits per heavy atom. The van der Waals surface area contributed by atoms with Crippen LogP contribution in [0.15, 0.2) is 16.7 Å². The van der Waals surface area contributed by atoms with Gasteiger partial charge in [0.25, 0.3) is 0 Å². The van der Waals surface area contributed by atoms with Crippen molar-refractivity contribution in [2.45, 2.75) is 70.8 Å². The summed E-state index contributed by atoms with van der Waals surface area (Å²) in [5.74, 6) is 1.96. The maximum atomic E-state index is 13.4. The molecule has 206 valence electrons. The maximum Gasteiger partial charge on any atom is 0.321 e. The number of amides is 2. The van der Waals surface area contributed by atoms with Crippen molar-refractivity contribution in [1.29, 1.82) is 5.26 Å². The van der Waals surface area contributed by atoms with Gasteiger partial charge in [0, 0.05) is 56.6 Å². The van der Waals surface area contributed by atoms with Gasteiger partial charge in [0.05, 0.1) is 24.1 Å². The molecule has 9 nitrogen and oxygen atoms in total. The van der Waals surface area contributed by atoms with Crippen LogP contribution < -0.4 is 10.2 Å². The smallest absolute Gasteiger partial charge is 0.321 e. The number of likely N-dealkylation sites (tertiary alicyclic amines) is 1. The molecule has 2 aromatic rings. The number of nitrogens with one attached hydrogen (secondary N) is 1. The average Bonchev–Trinajstić information content (AvgIpc) is 3.66. The molecule has 0 spiro atoms. The second-order valence-electron chi connectivity index (χ2n) is 11.1. The molecule has 1 aromatic carbocycles. The lowest BCUT2D eigenvalue weighted by atomic mass is 9.80. The van der Waals surface area contributed by atoms with Crippen LogP contribution in [0.25, 0.3) is 0 Å². The van der Waals surface area contributed by atoms with E-state index in [4.69, 9.17) is 4.52 Å². The second kappa shape index (κ2) is 11.7. The van der Waals surface area contributed by atoms with Crippen molar-refractivity contribution in [2.75, 3.05) is 56.7 Å². The van der Waals surface area contributed by atoms with Crippen LogP contribution in [0, 0.1) is 18.3 Å². The first kappa shape index (κ1) is 27.8. The minimum absolute atomic E-state index is 0.161. The van der Waals surface area contributed by atoms with E-state index in [9.17, 15) is 14.4 Å². The van der Waals surface area contributed by atoms with Gasteiger partial charge in [0.2, 0.25) is 5.89 Å². The number of halogens is 1. The molecule has 3 fully saturated rings. The largest absolute Gasteiger partial charge is 0.367 e. The van der Waals surface area contributed by atoms with Gasteiger partial charge in [-0.1, -0.05) is 12.1 Å². The number of anilines is 2. The number of alkyl halides is 1. The molecule has 38 heavy (non-hydrogen) atoms. The van der Waals surface area contributed by atoms with Crippen LogP contribution in [0.1, 0.15) is 75.2 Å². The zero-order valence-electron chi connectivity index (χ0n) is 23.3. The van der Waals surface area contributed by atoms with Crippen molar-refractivity contribution < 1.29 is 13.7 Å². The number of nitrogens with zero attached hydrogens (tertiary/aromatic N) is 6. The summed E-state index contributed by atoms with van der Waals surface area (Å²) in [5.41, 5.74) is 2.88. The highest BCUT2D eigenvalue weighted by Gasteiger charge is 2.39. The Kier molecular flexibility index (Phi) is 8.56. The highest BCUT2D eigenvalue weighted by molar-refractivity contribution is 5.95. The maximum absolute atomic E-state index is 13.4. The lowest BCUT2D eigenvalue weighted by Gasteiger charge is -2.39. The molecule has 0 bridgehead atoms. The Morgan fingerprint density at radius 1 is 1.16 bits per heavy atom. The molecular formula is C28H40FN7O2. The Balaban J connectivity index is 0.00000164. The van der Waals surface area contributed by atoms with Gasteiger partial charge in [-0.3, -0.25) is 9.29 Å². The third-order valence-corrected chi connectivity index (χ3v) is 8.06. The highest BCUT2D eigenvalue weighted by Crippen LogP contribution is 2.41. The number of carbonyl (C=O) groups is 1. The lowest BCUT2D eigenvalue weighted by molar-refractivity contribution is 0.169. The van der Waals surface area contributed by atoms with E-state index in [1.807, 2.05) is 17.9 Å². The number of piperazine rings is 1. The SMILES string of the molecule is CF.Cc1cc(C#N)c(NC(=O)N2CCC(C)(c3noc(C4CC4)n3)CC2)c(N2CCN(C(C)C)CC2)c1. The Labute approximate surface area is 225 Å². The number of carbonyl (C=O) groups excluding carboxylic acids is 1. The molecule has 1 N–H and O–H groups in total. The molecule has 1 aliphatic carbocycles. The molecule has 1 saturated carbocycles. The standard InChI is InChI=1S/C27H37N7O2.CH3F/c1-18(2)32-11-13-33(14-12-32)22-16-19(3)15-21(17-28)23(22)29-26(35)34-9-7-27(4,8-10-34)25-30-24(36-31-25)20-5-6-20;1-2/h15-16,18,20H,5-14H2,1-4H3,(H,29,35);1H3. The lowest BCUT2D eigenvalue weighted by Crippen LogP contribution is -2.49. The van der Waals surface area contributed by atoms with Gasteiger partial charge >= 0.3 is 6.03 Å². The Bertz CT molecular complexity index is 1150. The first-order valence-corrected chi connectivity index (χ1v) is 13.6. The van der Waals surface area contributed by atoms with E-state index in [1.54, 1.807) is 0 Å². The van der Waals surface area contributed by atoms with E-state index in [0.29, 0.717) is 43.5 Å². The summed E-state index contributed by atoms with van der Waals surface area (Å²) in [6.07, 6.45) is 3.80. The van der Waals surface area contributed by atoms with Gasteiger partial charge in [-0.05, 0) is 64.2 Å². The van der Waals surface area contributed by atoms with Gasteiger partial charge < -0.3 is 19.6 Å². The topological polar surface area (TPSA) is 102 Å². The summed E-state index contributed by atoms with van der Waals surface area (Å²) in [5, 5.41) is 17.3. The van der Waals surface area contributed by atoms with Crippen molar-refractivity contribution in [3.05, 3.63) is 35.0 Å². The number of urea groups is 1. The molecule has 10 heteroatoms. The first-order chi connectivity index (χ1) is 18.3. The number of aryl methyl sites for hydroxylation is 1. The Morgan fingerprint density at radius 3 is 2.39 bits per heavy atom. The molecule has 0 radical (unpaired) electrons. The van der Waals surface area contributed by atoms with Crippen molar-refractivity contribution in [3.63, 3.8) is 0 Å². The van der Waals surface area contributed by atoms with Crippen molar-refractivity contribution >= 4 is 17.4 Å². The first-order valence-electron chi connectivity index (χ1n) is 13.6. The van der Waals surface area contributed by atoms with Crippen molar-refractivity contribution in [2.24, 2.45) is 0 Å². The number of rotatable bonds is 5. The number of hydrogen-bond donors (Lipinski definition) is 1. The number of nitriles is 1. The van der Waals surface area contributed by atoms with E-state index in [-0.39, 0.29) is 11.4 Å². The van der Waals surface area contributed by atoms with Crippen LogP contribution >= 0.6 is 0 Å². The number of benzene rings is 1. The molecule has 2 amide bonds. The van der Waals surface area contributed by atoms with Crippen LogP contribution in [0.4, 0.5) is 20.6 Å². The van der Waals surface area contributed by atoms with Crippen LogP contribution in [0.3, 0.4) is 0 Å². The Hall–Kier alpha value is -3.19. The van der Waals surface area contributed by atoms with Gasteiger partial charge in [-0.2, -0.15) is 10.2 Å². The molecule has 3 aliphatic rings. The van der Waals surface area contributed by atoms with Gasteiger partial charge in [0.15, 0.2) is 5.82 Å². The van der Waals surface area contributed by atoms with Crippen LogP contribution in [0.2, 0.25) is 0 Å². The zero-order valence-corrected chi connectivity index (χ0v) is 23.3. The molecular weight excluding hydrogens is 485 g/mol. The number of piperidine rings is 1. The van der Waals surface area contributed by atoms with Gasteiger partial charge in [0.1, 0.15) is 6.07 Å². The molecule has 2 aliphatic heterocycles. The molecule has 1 aromatic heterocycles. The summed E-state index contributed by atoms with van der Waals surface area (Å²) in [7, 11) is 0.500. The molecule has 0 atom stereocenters. The van der Waals surface area contributed by atoms with E-state index in [2.05, 4.69) is 58.2 Å². The highest BCUT2D eigenvalue weighted by atomic mass is 19.1. The fourth-order valence-electron chi connectivity index (χ4n) is 5.30. The summed E-state index contributed by atoms with van der Waals surface area (Å²) in [4.78, 5) is 24.6. The summed E-state index contributed by atoms with van der Waals surface area (Å²) < 4.78 is 15.0. The summed E-state index contributed by atoms with van der Waals surface area (Å²) in [6, 6.07) is 6.59. The zero-order chi connectivity index (χ0) is 27.4. The van der Waals surface area contributed by atoms with Crippen LogP contribution in [-0.4, -0.2) is 78.5 Å². The normalized spacial score (nSPS) is 19.5. The molecule has 5 rings (SSSR count). The van der Waals surface area contributed by atoms with E-state index in [1.165, 1.54) is 0 Å². The second-order valence-corrected chi connectivity index (χ2v) is 11.1. The number of aromatic nitrogens is 2. The van der Waals surface area contributed by atoms with E-state index in [0.717, 1.165) is 74.8 Å². The minimum Gasteiger partial charge on any atom is -0.367 e. The van der Waals surface area contributed by atoms with E-state index < -0.39 is 0 Å². The third-order valence-electron chi connectivity index (χ3n) is 8.06. The molecule has 3 heterocycles. The fourth-order valence-corrected chi connectivity index (χ4v) is 5.30. The molecule has 0 unspecified atom stereocenters. The van der Waals surface area contributed by atoms with Gasteiger partial charge in [-0.25, -0.2) is 4.79 Å². The summed E-state index contributed by atoms with van der Waals surface area (Å²) >= 11 is 0. The van der Waals surface area contributed by atoms with Crippen LogP contribution in [-0.2, 0) is 5.41 Å². The van der Waals surface area contributed by atoms with E-state index >= 15 is 0 Å². The van der Waals surface area contributed by atoms with Crippen LogP contribution in [0.5, 0.6) is 0 Å². The quantitative estimate of drug-likeness (QED) is 0.597. The average molecular weight is 526 g/mol. The summed E-state index contributed by atoms with van der Waals surface area (Å²) in [6.45, 7) is 13.5. The molecule has 2 saturated heterocycles. The number of hydrogen-bond acceptors (Lipinski definition) is 7. The van der Waals surface area contributed by atoms with Crippen molar-refractivity contribution in [1.82, 2.24) is 19.9 Å². The predicted molar refractivity (Wildman–Crippen MR) is 145 cm³/mol.